The Morgan fingerprint density at radius 2 is 2.10 bits per heavy atom. The standard InChI is InChI=1S/C12H10ClN3O3S/c1-7-3-4-8(16(17)18)5-9(7)19-11-6-10(13)14-12(15-11)20-2/h3-6H,1-2H3. The molecule has 8 heteroatoms. The van der Waals surface area contributed by atoms with Crippen LogP contribution in [0.2, 0.25) is 5.15 Å². The van der Waals surface area contributed by atoms with E-state index in [1.807, 2.05) is 6.26 Å². The summed E-state index contributed by atoms with van der Waals surface area (Å²) in [6.45, 7) is 1.79. The van der Waals surface area contributed by atoms with Crippen LogP contribution in [-0.2, 0) is 0 Å². The molecule has 0 N–H and O–H groups in total. The summed E-state index contributed by atoms with van der Waals surface area (Å²) in [5.41, 5.74) is 0.715. The van der Waals surface area contributed by atoms with Crippen LogP contribution in [0.1, 0.15) is 5.56 Å². The smallest absolute Gasteiger partial charge is 0.273 e. The number of ether oxygens (including phenoxy) is 1. The molecule has 0 bridgehead atoms. The van der Waals surface area contributed by atoms with Gasteiger partial charge in [-0.25, -0.2) is 4.98 Å². The van der Waals surface area contributed by atoms with Gasteiger partial charge in [-0.15, -0.1) is 0 Å². The molecule has 2 rings (SSSR count). The molecule has 0 saturated carbocycles. The first kappa shape index (κ1) is 14.5. The fraction of sp³-hybridized carbons (Fsp3) is 0.167. The van der Waals surface area contributed by atoms with Crippen LogP contribution in [0.3, 0.4) is 0 Å². The molecule has 104 valence electrons. The average molecular weight is 312 g/mol. The second kappa shape index (κ2) is 6.06. The van der Waals surface area contributed by atoms with Crippen LogP contribution in [-0.4, -0.2) is 21.1 Å². The van der Waals surface area contributed by atoms with Gasteiger partial charge in [0, 0.05) is 12.1 Å². The normalized spacial score (nSPS) is 10.3. The van der Waals surface area contributed by atoms with Gasteiger partial charge in [0.2, 0.25) is 5.88 Å². The predicted molar refractivity (Wildman–Crippen MR) is 76.7 cm³/mol. The number of aromatic nitrogens is 2. The number of hydrogen-bond acceptors (Lipinski definition) is 6. The zero-order valence-corrected chi connectivity index (χ0v) is 12.2. The second-order valence-electron chi connectivity index (χ2n) is 3.82. The molecule has 0 aliphatic heterocycles. The van der Waals surface area contributed by atoms with Crippen molar-refractivity contribution < 1.29 is 9.66 Å². The van der Waals surface area contributed by atoms with Gasteiger partial charge in [-0.1, -0.05) is 23.4 Å². The van der Waals surface area contributed by atoms with Crippen molar-refractivity contribution in [1.82, 2.24) is 9.97 Å². The first-order chi connectivity index (χ1) is 9.49. The van der Waals surface area contributed by atoms with Gasteiger partial charge in [0.15, 0.2) is 5.16 Å². The largest absolute Gasteiger partial charge is 0.438 e. The Bertz CT molecular complexity index is 666. The number of non-ortho nitro benzene ring substituents is 1. The van der Waals surface area contributed by atoms with Crippen molar-refractivity contribution in [3.05, 3.63) is 45.1 Å². The van der Waals surface area contributed by atoms with Gasteiger partial charge < -0.3 is 4.74 Å². The fourth-order valence-corrected chi connectivity index (χ4v) is 2.04. The summed E-state index contributed by atoms with van der Waals surface area (Å²) in [6.07, 6.45) is 1.81. The molecule has 0 saturated heterocycles. The minimum Gasteiger partial charge on any atom is -0.438 e. The Morgan fingerprint density at radius 3 is 2.75 bits per heavy atom. The molecule has 0 unspecified atom stereocenters. The highest BCUT2D eigenvalue weighted by molar-refractivity contribution is 7.98. The second-order valence-corrected chi connectivity index (χ2v) is 4.99. The Morgan fingerprint density at radius 1 is 1.35 bits per heavy atom. The van der Waals surface area contributed by atoms with Crippen molar-refractivity contribution in [2.45, 2.75) is 12.1 Å². The van der Waals surface area contributed by atoms with Crippen molar-refractivity contribution in [1.29, 1.82) is 0 Å². The van der Waals surface area contributed by atoms with Crippen molar-refractivity contribution in [2.75, 3.05) is 6.26 Å². The number of halogens is 1. The Kier molecular flexibility index (Phi) is 4.41. The third kappa shape index (κ3) is 3.37. The van der Waals surface area contributed by atoms with Gasteiger partial charge in [0.05, 0.1) is 11.0 Å². The molecule has 6 nitrogen and oxygen atoms in total. The summed E-state index contributed by atoms with van der Waals surface area (Å²) >= 11 is 7.19. The molecule has 0 spiro atoms. The molecular weight excluding hydrogens is 302 g/mol. The van der Waals surface area contributed by atoms with E-state index >= 15 is 0 Å². The van der Waals surface area contributed by atoms with E-state index in [4.69, 9.17) is 16.3 Å². The Balaban J connectivity index is 2.36. The summed E-state index contributed by atoms with van der Waals surface area (Å²) in [7, 11) is 0. The molecule has 1 aromatic heterocycles. The number of thioether (sulfide) groups is 1. The van der Waals surface area contributed by atoms with Crippen LogP contribution in [0, 0.1) is 17.0 Å². The average Bonchev–Trinajstić information content (AvgIpc) is 2.40. The molecule has 0 fully saturated rings. The number of benzene rings is 1. The zero-order valence-electron chi connectivity index (χ0n) is 10.7. The lowest BCUT2D eigenvalue weighted by Crippen LogP contribution is -1.95. The molecule has 0 radical (unpaired) electrons. The summed E-state index contributed by atoms with van der Waals surface area (Å²) in [4.78, 5) is 18.4. The van der Waals surface area contributed by atoms with Crippen molar-refractivity contribution in [3.8, 4) is 11.6 Å². The molecule has 0 atom stereocenters. The van der Waals surface area contributed by atoms with E-state index in [1.165, 1.54) is 30.0 Å². The number of nitro benzene ring substituents is 1. The van der Waals surface area contributed by atoms with Gasteiger partial charge in [-0.3, -0.25) is 10.1 Å². The molecular formula is C12H10ClN3O3S. The third-order valence-corrected chi connectivity index (χ3v) is 3.17. The summed E-state index contributed by atoms with van der Waals surface area (Å²) in [6, 6.07) is 5.85. The minimum atomic E-state index is -0.480. The maximum Gasteiger partial charge on any atom is 0.273 e. The lowest BCUT2D eigenvalue weighted by molar-refractivity contribution is -0.384. The maximum absolute atomic E-state index is 10.8. The highest BCUT2D eigenvalue weighted by Crippen LogP contribution is 2.29. The van der Waals surface area contributed by atoms with E-state index in [1.54, 1.807) is 13.0 Å². The maximum atomic E-state index is 10.8. The first-order valence-electron chi connectivity index (χ1n) is 5.51. The molecule has 20 heavy (non-hydrogen) atoms. The van der Waals surface area contributed by atoms with Crippen molar-refractivity contribution in [3.63, 3.8) is 0 Å². The topological polar surface area (TPSA) is 78.2 Å². The van der Waals surface area contributed by atoms with E-state index in [-0.39, 0.29) is 16.7 Å². The number of nitrogens with zero attached hydrogens (tertiary/aromatic N) is 3. The predicted octanol–water partition coefficient (Wildman–Crippen LogP) is 3.86. The molecule has 0 aliphatic rings. The monoisotopic (exact) mass is 311 g/mol. The Labute approximate surface area is 124 Å². The first-order valence-corrected chi connectivity index (χ1v) is 7.11. The SMILES string of the molecule is CSc1nc(Cl)cc(Oc2cc([N+](=O)[O-])ccc2C)n1. The van der Waals surface area contributed by atoms with Crippen LogP contribution < -0.4 is 4.74 Å². The fourth-order valence-electron chi connectivity index (χ4n) is 1.45. The van der Waals surface area contributed by atoms with E-state index in [2.05, 4.69) is 9.97 Å². The van der Waals surface area contributed by atoms with Gasteiger partial charge in [0.1, 0.15) is 10.9 Å². The zero-order chi connectivity index (χ0) is 14.7. The number of rotatable bonds is 4. The van der Waals surface area contributed by atoms with Crippen molar-refractivity contribution >= 4 is 29.1 Å². The summed E-state index contributed by atoms with van der Waals surface area (Å²) in [5.74, 6) is 0.610. The number of nitro groups is 1. The molecule has 0 aliphatic carbocycles. The van der Waals surface area contributed by atoms with Crippen molar-refractivity contribution in [2.24, 2.45) is 0 Å². The summed E-state index contributed by atoms with van der Waals surface area (Å²) in [5, 5.41) is 11.5. The van der Waals surface area contributed by atoms with Gasteiger partial charge >= 0.3 is 0 Å². The molecule has 1 heterocycles. The lowest BCUT2D eigenvalue weighted by Gasteiger charge is -2.08. The van der Waals surface area contributed by atoms with E-state index in [0.717, 1.165) is 5.56 Å². The Hall–Kier alpha value is -1.86. The highest BCUT2D eigenvalue weighted by atomic mass is 35.5. The van der Waals surface area contributed by atoms with Crippen LogP contribution in [0.25, 0.3) is 0 Å². The number of aryl methyl sites for hydroxylation is 1. The van der Waals surface area contributed by atoms with Gasteiger partial charge in [-0.2, -0.15) is 4.98 Å². The lowest BCUT2D eigenvalue weighted by atomic mass is 10.2. The highest BCUT2D eigenvalue weighted by Gasteiger charge is 2.12. The minimum absolute atomic E-state index is 0.0455. The molecule has 1 aromatic carbocycles. The van der Waals surface area contributed by atoms with E-state index in [9.17, 15) is 10.1 Å². The third-order valence-electron chi connectivity index (χ3n) is 2.43. The van der Waals surface area contributed by atoms with Gasteiger partial charge in [-0.05, 0) is 24.8 Å². The van der Waals surface area contributed by atoms with Crippen LogP contribution in [0.5, 0.6) is 11.6 Å². The van der Waals surface area contributed by atoms with Gasteiger partial charge in [0.25, 0.3) is 5.69 Å². The molecule has 2 aromatic rings. The molecule has 0 amide bonds. The number of hydrogen-bond donors (Lipinski definition) is 0. The van der Waals surface area contributed by atoms with Crippen LogP contribution in [0.4, 0.5) is 5.69 Å². The van der Waals surface area contributed by atoms with E-state index < -0.39 is 4.92 Å². The summed E-state index contributed by atoms with van der Waals surface area (Å²) < 4.78 is 5.57. The van der Waals surface area contributed by atoms with E-state index in [0.29, 0.717) is 10.9 Å². The van der Waals surface area contributed by atoms with Crippen LogP contribution >= 0.6 is 23.4 Å². The van der Waals surface area contributed by atoms with Crippen LogP contribution in [0.15, 0.2) is 29.4 Å². The quantitative estimate of drug-likeness (QED) is 0.280.